The van der Waals surface area contributed by atoms with Crippen LogP contribution in [0, 0.1) is 27.9 Å². The number of carboxylic acids is 1. The molecule has 9 atom stereocenters. The van der Waals surface area contributed by atoms with E-state index >= 15 is 4.79 Å². The number of rotatable bonds is 17. The first-order valence-electron chi connectivity index (χ1n) is 25.4. The van der Waals surface area contributed by atoms with Crippen molar-refractivity contribution >= 4 is 63.9 Å². The van der Waals surface area contributed by atoms with Gasteiger partial charge >= 0.3 is 11.7 Å². The number of phenolic OH excluding ortho intramolecular Hbond substituents is 1. The van der Waals surface area contributed by atoms with Gasteiger partial charge in [0.1, 0.15) is 42.3 Å². The first kappa shape index (κ1) is 60.9. The zero-order valence-corrected chi connectivity index (χ0v) is 45.0. The predicted octanol–water partition coefficient (Wildman–Crippen LogP) is 3.21. The molecule has 0 radical (unpaired) electrons. The standard InChI is InChI=1S/C54H75N9O13/c1-12-14-18-37-46(66)59-40(27-35-28-62(54(9,13-2)29-64)41-19-16-15-17-36(35)41)52(72)61(11)43(23-31(5)6)49(69)58-39(25-34-20-21-45(65)42(26-34)63(75)76)47(67)55-33(8)51(71)60(10)44(24-32(7)53(73)74)50(70)57-38(22-30(3)4)48(68)56-37/h12-17,19-21,26,28,30-33,37-40,43-44,64-65H,2,18,22-25,27,29H2,1,3-11H3,(H,55,67)(H,56,68)(H,57,70)(H,58,69)(H,59,66)(H,73,74)/t32-,33-,37-,38-,39-,40-,43-,44-,54+/m0/s1. The molecule has 0 spiro atoms. The fraction of sp³-hybridized carbons (Fsp3) is 0.519. The number of likely N-dealkylation sites (N-methyl/N-ethyl adjacent to an activating group) is 2. The van der Waals surface area contributed by atoms with Crippen LogP contribution in [0.5, 0.6) is 5.75 Å². The number of fused-ring (bicyclic) bond motifs is 1. The number of nitro benzene ring substituents is 1. The van der Waals surface area contributed by atoms with E-state index in [1.165, 1.54) is 34.0 Å². The maximum Gasteiger partial charge on any atom is 0.310 e. The predicted molar refractivity (Wildman–Crippen MR) is 283 cm³/mol. The van der Waals surface area contributed by atoms with Gasteiger partial charge in [-0.15, -0.1) is 6.58 Å². The third kappa shape index (κ3) is 15.3. The summed E-state index contributed by atoms with van der Waals surface area (Å²) < 4.78 is 1.80. The molecular weight excluding hydrogens is 983 g/mol. The number of aliphatic carboxylic acids is 1. The van der Waals surface area contributed by atoms with Crippen LogP contribution in [-0.4, -0.2) is 145 Å². The Labute approximate surface area is 442 Å². The zero-order chi connectivity index (χ0) is 56.9. The second-order valence-corrected chi connectivity index (χ2v) is 20.7. The third-order valence-electron chi connectivity index (χ3n) is 13.7. The van der Waals surface area contributed by atoms with Gasteiger partial charge in [-0.2, -0.15) is 0 Å². The van der Waals surface area contributed by atoms with Gasteiger partial charge in [0, 0.05) is 50.1 Å². The first-order chi connectivity index (χ1) is 35.7. The molecule has 76 heavy (non-hydrogen) atoms. The molecule has 2 heterocycles. The van der Waals surface area contributed by atoms with Gasteiger partial charge in [-0.25, -0.2) is 0 Å². The monoisotopic (exact) mass is 1060 g/mol. The van der Waals surface area contributed by atoms with Crippen LogP contribution in [0.3, 0.4) is 0 Å². The number of aromatic hydroxyl groups is 1. The van der Waals surface area contributed by atoms with Gasteiger partial charge in [-0.3, -0.25) is 48.5 Å². The number of benzene rings is 2. The van der Waals surface area contributed by atoms with Crippen LogP contribution in [0.25, 0.3) is 10.9 Å². The highest BCUT2D eigenvalue weighted by Crippen LogP contribution is 2.31. The first-order valence-corrected chi connectivity index (χ1v) is 25.4. The smallest absolute Gasteiger partial charge is 0.310 e. The van der Waals surface area contributed by atoms with E-state index in [0.717, 1.165) is 21.9 Å². The molecule has 1 saturated heterocycles. The number of nitro groups is 1. The van der Waals surface area contributed by atoms with E-state index in [4.69, 9.17) is 0 Å². The fourth-order valence-electron chi connectivity index (χ4n) is 9.07. The summed E-state index contributed by atoms with van der Waals surface area (Å²) in [6, 6.07) is 0.490. The molecule has 22 nitrogen and oxygen atoms in total. The van der Waals surface area contributed by atoms with Crippen molar-refractivity contribution in [2.45, 2.75) is 142 Å². The lowest BCUT2D eigenvalue weighted by Gasteiger charge is -2.33. The van der Waals surface area contributed by atoms with Gasteiger partial charge in [0.05, 0.1) is 23.0 Å². The lowest BCUT2D eigenvalue weighted by molar-refractivity contribution is -0.385. The summed E-state index contributed by atoms with van der Waals surface area (Å²) in [5.41, 5.74) is -0.375. The normalized spacial score (nSPS) is 23.3. The number of aromatic nitrogens is 1. The van der Waals surface area contributed by atoms with Crippen molar-refractivity contribution in [3.05, 3.63) is 94.7 Å². The molecular formula is C54H75N9O13. The minimum Gasteiger partial charge on any atom is -0.502 e. The van der Waals surface area contributed by atoms with Crippen molar-refractivity contribution in [3.63, 3.8) is 0 Å². The van der Waals surface area contributed by atoms with Crippen molar-refractivity contribution in [2.24, 2.45) is 17.8 Å². The minimum atomic E-state index is -1.61. The summed E-state index contributed by atoms with van der Waals surface area (Å²) in [4.78, 5) is 128. The van der Waals surface area contributed by atoms with Crippen molar-refractivity contribution in [3.8, 4) is 5.75 Å². The van der Waals surface area contributed by atoms with Gasteiger partial charge in [-0.05, 0) is 81.5 Å². The van der Waals surface area contributed by atoms with Gasteiger partial charge in [-0.1, -0.05) is 77.1 Å². The highest BCUT2D eigenvalue weighted by molar-refractivity contribution is 5.99. The van der Waals surface area contributed by atoms with E-state index in [9.17, 15) is 59.0 Å². The van der Waals surface area contributed by atoms with Gasteiger partial charge in [0.15, 0.2) is 5.75 Å². The molecule has 0 unspecified atom stereocenters. The molecule has 0 aliphatic carbocycles. The average molecular weight is 1060 g/mol. The fourth-order valence-corrected chi connectivity index (χ4v) is 9.07. The summed E-state index contributed by atoms with van der Waals surface area (Å²) in [6.07, 6.45) is 5.49. The molecule has 22 heteroatoms. The Kier molecular flexibility index (Phi) is 21.4. The number of carbonyl (C=O) groups is 8. The Hall–Kier alpha value is -7.62. The van der Waals surface area contributed by atoms with E-state index in [0.29, 0.717) is 16.5 Å². The van der Waals surface area contributed by atoms with E-state index in [2.05, 4.69) is 33.2 Å². The highest BCUT2D eigenvalue weighted by Gasteiger charge is 2.40. The molecule has 3 aromatic rings. The Morgan fingerprint density at radius 1 is 0.776 bits per heavy atom. The number of carboxylic acid groups (broad SMARTS) is 1. The van der Waals surface area contributed by atoms with E-state index in [-0.39, 0.29) is 49.7 Å². The van der Waals surface area contributed by atoms with Crippen LogP contribution < -0.4 is 26.6 Å². The number of phenols is 1. The number of carbonyl (C=O) groups excluding carboxylic acids is 7. The highest BCUT2D eigenvalue weighted by atomic mass is 16.6. The number of aliphatic hydroxyl groups excluding tert-OH is 1. The summed E-state index contributed by atoms with van der Waals surface area (Å²) in [7, 11) is 2.59. The van der Waals surface area contributed by atoms with E-state index in [1.54, 1.807) is 82.7 Å². The Bertz CT molecular complexity index is 2680. The largest absolute Gasteiger partial charge is 0.502 e. The SMILES string of the molecule is C=C[C@](C)(CO)n1cc(C[C@@H]2NC(=O)[C@H](CC=CC)NC(=O)[C@H](CC(C)C)NC(=O)[C@H](C[C@H](C)C(=O)O)N(C)C(=O)[C@H](C)NC(=O)[C@H](Cc3ccc(O)c([N+](=O)[O-])c3)NC(=O)[C@H](CC(C)C)N(C)C2=O)c2ccccc21. The Balaban J connectivity index is 1.99. The van der Waals surface area contributed by atoms with Crippen molar-refractivity contribution in [1.29, 1.82) is 0 Å². The molecule has 0 bridgehead atoms. The summed E-state index contributed by atoms with van der Waals surface area (Å²) >= 11 is 0. The van der Waals surface area contributed by atoms with Gasteiger partial charge < -0.3 is 56.3 Å². The molecule has 1 aliphatic rings. The molecule has 8 N–H and O–H groups in total. The molecule has 1 aliphatic heterocycles. The van der Waals surface area contributed by atoms with Crippen LogP contribution in [-0.2, 0) is 56.7 Å². The number of nitrogens with zero attached hydrogens (tertiary/aromatic N) is 4. The zero-order valence-electron chi connectivity index (χ0n) is 45.0. The Morgan fingerprint density at radius 3 is 1.91 bits per heavy atom. The number of hydrogen-bond donors (Lipinski definition) is 8. The molecule has 1 aromatic heterocycles. The molecule has 4 rings (SSSR count). The maximum atomic E-state index is 15.3. The van der Waals surface area contributed by atoms with Crippen molar-refractivity contribution in [2.75, 3.05) is 20.7 Å². The number of nitrogens with one attached hydrogen (secondary N) is 5. The van der Waals surface area contributed by atoms with Crippen LogP contribution >= 0.6 is 0 Å². The lowest BCUT2D eigenvalue weighted by Crippen LogP contribution is -2.60. The summed E-state index contributed by atoms with van der Waals surface area (Å²) in [5.74, 6) is -9.65. The maximum absolute atomic E-state index is 15.3. The van der Waals surface area contributed by atoms with Crippen molar-refractivity contribution in [1.82, 2.24) is 41.0 Å². The summed E-state index contributed by atoms with van der Waals surface area (Å²) in [5, 5.41) is 56.8. The number of allylic oxidation sites excluding steroid dienone is 1. The third-order valence-corrected chi connectivity index (χ3v) is 13.7. The number of para-hydroxylation sites is 1. The lowest BCUT2D eigenvalue weighted by atomic mass is 9.97. The van der Waals surface area contributed by atoms with Crippen LogP contribution in [0.4, 0.5) is 5.69 Å². The van der Waals surface area contributed by atoms with E-state index < -0.39 is 130 Å². The van der Waals surface area contributed by atoms with Crippen LogP contribution in [0.2, 0.25) is 0 Å². The van der Waals surface area contributed by atoms with Crippen LogP contribution in [0.1, 0.15) is 92.2 Å². The van der Waals surface area contributed by atoms with Crippen LogP contribution in [0.15, 0.2) is 73.5 Å². The van der Waals surface area contributed by atoms with E-state index in [1.807, 2.05) is 12.1 Å². The van der Waals surface area contributed by atoms with Gasteiger partial charge in [0.2, 0.25) is 41.4 Å². The number of amides is 7. The second kappa shape index (κ2) is 26.7. The number of hydrogen-bond acceptors (Lipinski definition) is 12. The Morgan fingerprint density at radius 2 is 1.33 bits per heavy atom. The average Bonchev–Trinajstić information content (AvgIpc) is 3.74. The molecule has 1 fully saturated rings. The second-order valence-electron chi connectivity index (χ2n) is 20.7. The number of aliphatic hydroxyl groups is 1. The van der Waals surface area contributed by atoms with Gasteiger partial charge in [0.25, 0.3) is 0 Å². The minimum absolute atomic E-state index is 0.00927. The molecule has 7 amide bonds. The topological polar surface area (TPSA) is 312 Å². The molecule has 414 valence electrons. The molecule has 0 saturated carbocycles. The molecule has 2 aromatic carbocycles. The quantitative estimate of drug-likeness (QED) is 0.0548. The van der Waals surface area contributed by atoms with Crippen molar-refractivity contribution < 1.29 is 58.6 Å². The summed E-state index contributed by atoms with van der Waals surface area (Å²) in [6.45, 7) is 16.9.